The molecule has 0 saturated heterocycles. The molecule has 7 heteroatoms. The highest BCUT2D eigenvalue weighted by atomic mass is 32.1. The van der Waals surface area contributed by atoms with Crippen molar-refractivity contribution in [2.75, 3.05) is 19.5 Å². The number of rotatable bonds is 4. The summed E-state index contributed by atoms with van der Waals surface area (Å²) in [6.07, 6.45) is 0. The summed E-state index contributed by atoms with van der Waals surface area (Å²) in [5, 5.41) is 10.7. The number of carbonyl (C=O) groups excluding carboxylic acids is 1. The molecule has 2 amide bonds. The third-order valence-electron chi connectivity index (χ3n) is 3.06. The van der Waals surface area contributed by atoms with Crippen LogP contribution in [0.5, 0.6) is 5.75 Å². The van der Waals surface area contributed by atoms with Crippen LogP contribution >= 0.6 is 11.3 Å². The Hall–Kier alpha value is -2.15. The van der Waals surface area contributed by atoms with E-state index in [4.69, 9.17) is 4.74 Å². The Kier molecular flexibility index (Phi) is 4.52. The van der Waals surface area contributed by atoms with E-state index in [-0.39, 0.29) is 12.1 Å². The van der Waals surface area contributed by atoms with Gasteiger partial charge in [-0.3, -0.25) is 5.32 Å². The van der Waals surface area contributed by atoms with E-state index in [1.165, 1.54) is 11.3 Å². The Morgan fingerprint density at radius 2 is 2.20 bits per heavy atom. The smallest absolute Gasteiger partial charge is 0.323 e. The van der Waals surface area contributed by atoms with Gasteiger partial charge in [-0.05, 0) is 13.0 Å². The minimum absolute atomic E-state index is 0.126. The first-order valence-corrected chi connectivity index (χ1v) is 6.94. The molecule has 0 aliphatic heterocycles. The molecule has 1 N–H and O–H groups in total. The number of para-hydroxylation sites is 1. The van der Waals surface area contributed by atoms with Crippen molar-refractivity contribution in [1.82, 2.24) is 15.1 Å². The van der Waals surface area contributed by atoms with Gasteiger partial charge < -0.3 is 9.64 Å². The first-order chi connectivity index (χ1) is 9.63. The molecule has 106 valence electrons. The van der Waals surface area contributed by atoms with Gasteiger partial charge in [0.25, 0.3) is 0 Å². The summed E-state index contributed by atoms with van der Waals surface area (Å²) in [4.78, 5) is 13.7. The minimum atomic E-state index is -0.236. The van der Waals surface area contributed by atoms with E-state index in [2.05, 4.69) is 15.5 Å². The second kappa shape index (κ2) is 6.33. The normalized spacial score (nSPS) is 11.8. The van der Waals surface area contributed by atoms with Crippen molar-refractivity contribution < 1.29 is 9.53 Å². The van der Waals surface area contributed by atoms with E-state index in [1.807, 2.05) is 31.2 Å². The quantitative estimate of drug-likeness (QED) is 0.941. The number of anilines is 1. The van der Waals surface area contributed by atoms with Crippen LogP contribution in [0.2, 0.25) is 0 Å². The fraction of sp³-hybridized carbons (Fsp3) is 0.308. The van der Waals surface area contributed by atoms with E-state index in [9.17, 15) is 4.79 Å². The van der Waals surface area contributed by atoms with Gasteiger partial charge in [-0.25, -0.2) is 4.79 Å². The highest BCUT2D eigenvalue weighted by Crippen LogP contribution is 2.28. The van der Waals surface area contributed by atoms with E-state index in [0.29, 0.717) is 5.13 Å². The van der Waals surface area contributed by atoms with Crippen LogP contribution in [0, 0.1) is 0 Å². The number of ether oxygens (including phenoxy) is 1. The molecule has 0 saturated carbocycles. The van der Waals surface area contributed by atoms with Gasteiger partial charge in [0.2, 0.25) is 5.13 Å². The highest BCUT2D eigenvalue weighted by Gasteiger charge is 2.20. The molecule has 0 spiro atoms. The van der Waals surface area contributed by atoms with Gasteiger partial charge in [0, 0.05) is 12.6 Å². The van der Waals surface area contributed by atoms with E-state index < -0.39 is 0 Å². The number of benzene rings is 1. The molecule has 2 aromatic rings. The van der Waals surface area contributed by atoms with Crippen LogP contribution in [-0.4, -0.2) is 35.3 Å². The molecule has 6 nitrogen and oxygen atoms in total. The molecule has 1 aromatic carbocycles. The summed E-state index contributed by atoms with van der Waals surface area (Å²) in [6.45, 7) is 1.94. The monoisotopic (exact) mass is 292 g/mol. The predicted octanol–water partition coefficient (Wildman–Crippen LogP) is 2.77. The second-order valence-electron chi connectivity index (χ2n) is 4.20. The van der Waals surface area contributed by atoms with Gasteiger partial charge in [0.05, 0.1) is 13.2 Å². The number of hydrogen-bond acceptors (Lipinski definition) is 5. The largest absolute Gasteiger partial charge is 0.496 e. The first-order valence-electron chi connectivity index (χ1n) is 6.06. The zero-order valence-corrected chi connectivity index (χ0v) is 12.3. The fourth-order valence-corrected chi connectivity index (χ4v) is 2.24. The zero-order valence-electron chi connectivity index (χ0n) is 11.5. The number of carbonyl (C=O) groups is 1. The summed E-state index contributed by atoms with van der Waals surface area (Å²) in [5.41, 5.74) is 2.52. The van der Waals surface area contributed by atoms with Crippen LogP contribution in [0.15, 0.2) is 29.8 Å². The molecule has 1 atom stereocenters. The zero-order chi connectivity index (χ0) is 14.5. The standard InChI is InChI=1S/C13H16N4O2S/c1-9(10-6-4-5-7-11(10)19-3)17(2)13(18)15-12-16-14-8-20-12/h4-9H,1-3H3,(H,15,16,18). The lowest BCUT2D eigenvalue weighted by Crippen LogP contribution is -2.33. The lowest BCUT2D eigenvalue weighted by atomic mass is 10.1. The number of methoxy groups -OCH3 is 1. The van der Waals surface area contributed by atoms with Crippen LogP contribution in [0.4, 0.5) is 9.93 Å². The van der Waals surface area contributed by atoms with Gasteiger partial charge in [0.1, 0.15) is 11.3 Å². The van der Waals surface area contributed by atoms with Crippen molar-refractivity contribution in [2.45, 2.75) is 13.0 Å². The summed E-state index contributed by atoms with van der Waals surface area (Å²) >= 11 is 1.28. The third-order valence-corrected chi connectivity index (χ3v) is 3.67. The Morgan fingerprint density at radius 1 is 1.45 bits per heavy atom. The van der Waals surface area contributed by atoms with E-state index >= 15 is 0 Å². The molecule has 1 heterocycles. The second-order valence-corrected chi connectivity index (χ2v) is 5.04. The van der Waals surface area contributed by atoms with Crippen LogP contribution in [-0.2, 0) is 0 Å². The lowest BCUT2D eigenvalue weighted by molar-refractivity contribution is 0.207. The Balaban J connectivity index is 2.11. The molecular formula is C13H16N4O2S. The molecule has 20 heavy (non-hydrogen) atoms. The van der Waals surface area contributed by atoms with Crippen molar-refractivity contribution in [3.8, 4) is 5.75 Å². The van der Waals surface area contributed by atoms with Crippen molar-refractivity contribution >= 4 is 22.5 Å². The molecule has 1 unspecified atom stereocenters. The Labute approximate surface area is 121 Å². The Morgan fingerprint density at radius 3 is 2.85 bits per heavy atom. The molecule has 2 rings (SSSR count). The van der Waals surface area contributed by atoms with Crippen LogP contribution in [0.1, 0.15) is 18.5 Å². The highest BCUT2D eigenvalue weighted by molar-refractivity contribution is 7.13. The number of amides is 2. The molecule has 0 radical (unpaired) electrons. The van der Waals surface area contributed by atoms with E-state index in [0.717, 1.165) is 11.3 Å². The average molecular weight is 292 g/mol. The van der Waals surface area contributed by atoms with Crippen LogP contribution in [0.3, 0.4) is 0 Å². The maximum absolute atomic E-state index is 12.1. The predicted molar refractivity (Wildman–Crippen MR) is 78.1 cm³/mol. The maximum atomic E-state index is 12.1. The molecule has 0 fully saturated rings. The van der Waals surface area contributed by atoms with Crippen LogP contribution < -0.4 is 10.1 Å². The molecule has 0 aliphatic carbocycles. The Bertz CT molecular complexity index is 574. The van der Waals surface area contributed by atoms with Gasteiger partial charge in [-0.15, -0.1) is 10.2 Å². The summed E-state index contributed by atoms with van der Waals surface area (Å²) < 4.78 is 5.32. The molecule has 0 aliphatic rings. The number of nitrogens with zero attached hydrogens (tertiary/aromatic N) is 3. The number of aromatic nitrogens is 2. The van der Waals surface area contributed by atoms with Crippen molar-refractivity contribution in [1.29, 1.82) is 0 Å². The summed E-state index contributed by atoms with van der Waals surface area (Å²) in [5.74, 6) is 0.760. The lowest BCUT2D eigenvalue weighted by Gasteiger charge is -2.26. The summed E-state index contributed by atoms with van der Waals surface area (Å²) in [6, 6.07) is 7.28. The average Bonchev–Trinajstić information content (AvgIpc) is 2.98. The van der Waals surface area contributed by atoms with Gasteiger partial charge in [-0.1, -0.05) is 29.5 Å². The van der Waals surface area contributed by atoms with Gasteiger partial charge in [0.15, 0.2) is 0 Å². The molecule has 0 bridgehead atoms. The van der Waals surface area contributed by atoms with Crippen molar-refractivity contribution in [2.24, 2.45) is 0 Å². The SMILES string of the molecule is COc1ccccc1C(C)N(C)C(=O)Nc1nncs1. The summed E-state index contributed by atoms with van der Waals surface area (Å²) in [7, 11) is 3.35. The van der Waals surface area contributed by atoms with Crippen molar-refractivity contribution in [3.05, 3.63) is 35.3 Å². The van der Waals surface area contributed by atoms with E-state index in [1.54, 1.807) is 24.6 Å². The van der Waals surface area contributed by atoms with Gasteiger partial charge >= 0.3 is 6.03 Å². The van der Waals surface area contributed by atoms with Gasteiger partial charge in [-0.2, -0.15) is 0 Å². The fourth-order valence-electron chi connectivity index (χ4n) is 1.80. The molecule has 1 aromatic heterocycles. The first kappa shape index (κ1) is 14.3. The topological polar surface area (TPSA) is 67.3 Å². The third kappa shape index (κ3) is 3.05. The number of urea groups is 1. The van der Waals surface area contributed by atoms with Crippen LogP contribution in [0.25, 0.3) is 0 Å². The number of nitrogens with one attached hydrogen (secondary N) is 1. The maximum Gasteiger partial charge on any atom is 0.323 e. The minimum Gasteiger partial charge on any atom is -0.496 e. The van der Waals surface area contributed by atoms with Crippen molar-refractivity contribution in [3.63, 3.8) is 0 Å². The number of hydrogen-bond donors (Lipinski definition) is 1. The molecular weight excluding hydrogens is 276 g/mol.